The Balaban J connectivity index is 2.66. The molecule has 18 heavy (non-hydrogen) atoms. The van der Waals surface area contributed by atoms with Crippen LogP contribution in [0.2, 0.25) is 0 Å². The van der Waals surface area contributed by atoms with Crippen molar-refractivity contribution in [2.45, 2.75) is 33.3 Å². The fraction of sp³-hybridized carbons (Fsp3) is 0.538. The van der Waals surface area contributed by atoms with Crippen LogP contribution in [0, 0.1) is 6.92 Å². The smallest absolute Gasteiger partial charge is 0.251 e. The lowest BCUT2D eigenvalue weighted by Crippen LogP contribution is -2.40. The minimum absolute atomic E-state index is 0.167. The Kier molecular flexibility index (Phi) is 4.67. The van der Waals surface area contributed by atoms with Gasteiger partial charge in [-0.1, -0.05) is 0 Å². The number of ether oxygens (including phenoxy) is 1. The van der Waals surface area contributed by atoms with Gasteiger partial charge in [-0.3, -0.25) is 4.79 Å². The fourth-order valence-electron chi connectivity index (χ4n) is 1.66. The summed E-state index contributed by atoms with van der Waals surface area (Å²) in [6, 6.07) is 3.27. The molecule has 5 heteroatoms. The summed E-state index contributed by atoms with van der Waals surface area (Å²) >= 11 is 0. The molecule has 0 radical (unpaired) electrons. The highest BCUT2D eigenvalue weighted by Crippen LogP contribution is 2.09. The molecule has 0 bridgehead atoms. The highest BCUT2D eigenvalue weighted by Gasteiger charge is 2.19. The molecule has 0 saturated carbocycles. The lowest BCUT2D eigenvalue weighted by molar-refractivity contribution is -0.00815. The van der Waals surface area contributed by atoms with E-state index in [1.807, 2.05) is 20.8 Å². The van der Waals surface area contributed by atoms with E-state index < -0.39 is 0 Å². The molecule has 1 aromatic rings. The summed E-state index contributed by atoms with van der Waals surface area (Å²) in [7, 11) is 0. The van der Waals surface area contributed by atoms with Gasteiger partial charge in [-0.15, -0.1) is 0 Å². The van der Waals surface area contributed by atoms with Crippen LogP contribution in [0.4, 0.5) is 5.82 Å². The van der Waals surface area contributed by atoms with E-state index in [2.05, 4.69) is 10.3 Å². The van der Waals surface area contributed by atoms with Crippen molar-refractivity contribution < 1.29 is 9.53 Å². The lowest BCUT2D eigenvalue weighted by atomic mass is 10.1. The SMILES string of the molecule is CCOC(C)(C)CNC(=O)c1cc(C)nc(N)c1. The first kappa shape index (κ1) is 14.4. The number of carbonyl (C=O) groups excluding carboxylic acids is 1. The number of nitrogens with two attached hydrogens (primary N) is 1. The Labute approximate surface area is 108 Å². The van der Waals surface area contributed by atoms with E-state index in [1.54, 1.807) is 19.1 Å². The molecule has 100 valence electrons. The third-order valence-corrected chi connectivity index (χ3v) is 2.45. The second-order valence-electron chi connectivity index (χ2n) is 4.80. The second kappa shape index (κ2) is 5.82. The molecule has 0 aliphatic heterocycles. The first-order valence-corrected chi connectivity index (χ1v) is 6.00. The molecule has 0 aliphatic carbocycles. The molecule has 0 fully saturated rings. The van der Waals surface area contributed by atoms with E-state index >= 15 is 0 Å². The van der Waals surface area contributed by atoms with Crippen molar-refractivity contribution in [3.8, 4) is 0 Å². The van der Waals surface area contributed by atoms with E-state index in [9.17, 15) is 4.79 Å². The number of nitrogen functional groups attached to an aromatic ring is 1. The Bertz CT molecular complexity index is 410. The summed E-state index contributed by atoms with van der Waals surface area (Å²) in [4.78, 5) is 16.0. The zero-order valence-corrected chi connectivity index (χ0v) is 11.4. The van der Waals surface area contributed by atoms with Crippen molar-refractivity contribution in [3.05, 3.63) is 23.4 Å². The van der Waals surface area contributed by atoms with Gasteiger partial charge in [-0.25, -0.2) is 4.98 Å². The molecular formula is C13H21N3O2. The van der Waals surface area contributed by atoms with Gasteiger partial charge in [-0.05, 0) is 39.8 Å². The van der Waals surface area contributed by atoms with E-state index in [0.717, 1.165) is 5.69 Å². The minimum Gasteiger partial charge on any atom is -0.384 e. The second-order valence-corrected chi connectivity index (χ2v) is 4.80. The Morgan fingerprint density at radius 2 is 2.17 bits per heavy atom. The average Bonchev–Trinajstić information content (AvgIpc) is 2.24. The maximum Gasteiger partial charge on any atom is 0.251 e. The monoisotopic (exact) mass is 251 g/mol. The molecule has 1 aromatic heterocycles. The maximum atomic E-state index is 12.0. The molecule has 1 amide bonds. The van der Waals surface area contributed by atoms with Crippen LogP contribution in [0.5, 0.6) is 0 Å². The van der Waals surface area contributed by atoms with Gasteiger partial charge in [0.25, 0.3) is 5.91 Å². The van der Waals surface area contributed by atoms with E-state index in [-0.39, 0.29) is 11.5 Å². The van der Waals surface area contributed by atoms with Gasteiger partial charge in [0, 0.05) is 24.4 Å². The summed E-state index contributed by atoms with van der Waals surface area (Å²) in [5, 5.41) is 2.83. The number of rotatable bonds is 5. The van der Waals surface area contributed by atoms with Crippen LogP contribution >= 0.6 is 0 Å². The number of hydrogen-bond donors (Lipinski definition) is 2. The molecular weight excluding hydrogens is 230 g/mol. The summed E-state index contributed by atoms with van der Waals surface area (Å²) in [5.41, 5.74) is 6.48. The van der Waals surface area contributed by atoms with Gasteiger partial charge in [0.2, 0.25) is 0 Å². The predicted molar refractivity (Wildman–Crippen MR) is 71.4 cm³/mol. The molecule has 0 aliphatic rings. The Morgan fingerprint density at radius 3 is 2.72 bits per heavy atom. The number of aromatic nitrogens is 1. The van der Waals surface area contributed by atoms with Crippen LogP contribution in [-0.2, 0) is 4.74 Å². The number of carbonyl (C=O) groups is 1. The zero-order valence-electron chi connectivity index (χ0n) is 11.4. The molecule has 1 heterocycles. The molecule has 0 saturated heterocycles. The van der Waals surface area contributed by atoms with Crippen molar-refractivity contribution in [2.75, 3.05) is 18.9 Å². The fourth-order valence-corrected chi connectivity index (χ4v) is 1.66. The van der Waals surface area contributed by atoms with Crippen LogP contribution < -0.4 is 11.1 Å². The van der Waals surface area contributed by atoms with Gasteiger partial charge in [0.1, 0.15) is 5.82 Å². The average molecular weight is 251 g/mol. The number of nitrogens with zero attached hydrogens (tertiary/aromatic N) is 1. The van der Waals surface area contributed by atoms with E-state index in [1.165, 1.54) is 0 Å². The minimum atomic E-state index is -0.377. The normalized spacial score (nSPS) is 11.3. The largest absolute Gasteiger partial charge is 0.384 e. The van der Waals surface area contributed by atoms with Crippen LogP contribution in [0.25, 0.3) is 0 Å². The maximum absolute atomic E-state index is 12.0. The number of hydrogen-bond acceptors (Lipinski definition) is 4. The van der Waals surface area contributed by atoms with Crippen LogP contribution in [-0.4, -0.2) is 29.6 Å². The first-order chi connectivity index (χ1) is 8.34. The number of pyridine rings is 1. The molecule has 5 nitrogen and oxygen atoms in total. The molecule has 0 unspecified atom stereocenters. The highest BCUT2D eigenvalue weighted by molar-refractivity contribution is 5.94. The quantitative estimate of drug-likeness (QED) is 0.831. The van der Waals surface area contributed by atoms with Crippen molar-refractivity contribution in [2.24, 2.45) is 0 Å². The predicted octanol–water partition coefficient (Wildman–Crippen LogP) is 1.52. The molecule has 0 spiro atoms. The molecule has 1 rings (SSSR count). The van der Waals surface area contributed by atoms with Gasteiger partial charge in [-0.2, -0.15) is 0 Å². The molecule has 3 N–H and O–H groups in total. The highest BCUT2D eigenvalue weighted by atomic mass is 16.5. The van der Waals surface area contributed by atoms with Gasteiger partial charge in [0.15, 0.2) is 0 Å². The number of amides is 1. The van der Waals surface area contributed by atoms with Crippen LogP contribution in [0.1, 0.15) is 36.8 Å². The Morgan fingerprint density at radius 1 is 1.50 bits per heavy atom. The number of nitrogens with one attached hydrogen (secondary N) is 1. The van der Waals surface area contributed by atoms with Crippen LogP contribution in [0.3, 0.4) is 0 Å². The van der Waals surface area contributed by atoms with Crippen molar-refractivity contribution in [1.82, 2.24) is 10.3 Å². The third-order valence-electron chi connectivity index (χ3n) is 2.45. The number of aryl methyl sites for hydroxylation is 1. The third kappa shape index (κ3) is 4.33. The topological polar surface area (TPSA) is 77.2 Å². The summed E-state index contributed by atoms with van der Waals surface area (Å²) < 4.78 is 5.51. The van der Waals surface area contributed by atoms with Gasteiger partial charge in [0.05, 0.1) is 5.60 Å². The summed E-state index contributed by atoms with van der Waals surface area (Å²) in [6.45, 7) is 8.66. The Hall–Kier alpha value is -1.62. The van der Waals surface area contributed by atoms with E-state index in [0.29, 0.717) is 24.5 Å². The van der Waals surface area contributed by atoms with Crippen molar-refractivity contribution in [1.29, 1.82) is 0 Å². The zero-order chi connectivity index (χ0) is 13.8. The number of anilines is 1. The summed E-state index contributed by atoms with van der Waals surface area (Å²) in [6.07, 6.45) is 0. The molecule has 0 aromatic carbocycles. The standard InChI is InChI=1S/C13H21N3O2/c1-5-18-13(3,4)8-15-12(17)10-6-9(2)16-11(14)7-10/h6-7H,5,8H2,1-4H3,(H2,14,16)(H,15,17). The summed E-state index contributed by atoms with van der Waals surface area (Å²) in [5.74, 6) is 0.184. The van der Waals surface area contributed by atoms with Crippen LogP contribution in [0.15, 0.2) is 12.1 Å². The van der Waals surface area contributed by atoms with Crippen molar-refractivity contribution in [3.63, 3.8) is 0 Å². The van der Waals surface area contributed by atoms with Gasteiger partial charge >= 0.3 is 0 Å². The molecule has 0 atom stereocenters. The lowest BCUT2D eigenvalue weighted by Gasteiger charge is -2.24. The van der Waals surface area contributed by atoms with Gasteiger partial charge < -0.3 is 15.8 Å². The van der Waals surface area contributed by atoms with E-state index in [4.69, 9.17) is 10.5 Å². The first-order valence-electron chi connectivity index (χ1n) is 6.00. The van der Waals surface area contributed by atoms with Crippen molar-refractivity contribution >= 4 is 11.7 Å².